The Morgan fingerprint density at radius 1 is 1.15 bits per heavy atom. The van der Waals surface area contributed by atoms with Gasteiger partial charge in [0.05, 0.1) is 12.6 Å². The summed E-state index contributed by atoms with van der Waals surface area (Å²) in [6, 6.07) is 17.9. The van der Waals surface area contributed by atoms with E-state index in [1.807, 2.05) is 68.6 Å². The highest BCUT2D eigenvalue weighted by Gasteiger charge is 2.26. The largest absolute Gasteiger partial charge is 0.472 e. The van der Waals surface area contributed by atoms with Gasteiger partial charge in [-0.05, 0) is 55.7 Å². The Kier molecular flexibility index (Phi) is 7.47. The van der Waals surface area contributed by atoms with E-state index in [1.165, 1.54) is 0 Å². The highest BCUT2D eigenvalue weighted by Crippen LogP contribution is 2.34. The number of nitrogens with zero attached hydrogens (tertiary/aromatic N) is 2. The predicted molar refractivity (Wildman–Crippen MR) is 129 cm³/mol. The Balaban J connectivity index is 1.49. The molecule has 2 aromatic carbocycles. The fourth-order valence-electron chi connectivity index (χ4n) is 4.16. The number of ether oxygens (including phenoxy) is 3. The topological polar surface area (TPSA) is 64.1 Å². The molecule has 1 aliphatic heterocycles. The molecule has 0 radical (unpaired) electrons. The third kappa shape index (κ3) is 5.64. The lowest BCUT2D eigenvalue weighted by Gasteiger charge is -2.23. The van der Waals surface area contributed by atoms with E-state index in [9.17, 15) is 5.11 Å². The van der Waals surface area contributed by atoms with Crippen LogP contribution in [0.15, 0.2) is 60.8 Å². The average molecular weight is 449 g/mol. The van der Waals surface area contributed by atoms with E-state index in [1.54, 1.807) is 7.11 Å². The second-order valence-electron chi connectivity index (χ2n) is 8.43. The number of aryl methyl sites for hydroxylation is 1. The Bertz CT molecular complexity index is 1050. The molecule has 1 aromatic heterocycles. The standard InChI is InChI=1S/C27H32N2O4/c1-19-8-11-27(28-17-19)33-23-12-14-29(18-23)25-10-9-22(16-21(25)13-15-30)32-26-7-5-4-6-24(26)20(2)31-3/h4-11,16-17,20,23,30H,12-15,18H2,1-3H3/t20?,23-/m0/s1. The van der Waals surface area contributed by atoms with Crippen LogP contribution in [0.1, 0.15) is 36.1 Å². The summed E-state index contributed by atoms with van der Waals surface area (Å²) in [6.07, 6.45) is 3.33. The van der Waals surface area contributed by atoms with Crippen LogP contribution in [0.4, 0.5) is 5.69 Å². The van der Waals surface area contributed by atoms with Gasteiger partial charge in [-0.25, -0.2) is 4.98 Å². The molecule has 1 N–H and O–H groups in total. The van der Waals surface area contributed by atoms with E-state index >= 15 is 0 Å². The number of para-hydroxylation sites is 1. The zero-order chi connectivity index (χ0) is 23.2. The summed E-state index contributed by atoms with van der Waals surface area (Å²) in [5.41, 5.74) is 4.28. The summed E-state index contributed by atoms with van der Waals surface area (Å²) in [7, 11) is 1.69. The first-order valence-electron chi connectivity index (χ1n) is 11.4. The van der Waals surface area contributed by atoms with Gasteiger partial charge in [0.25, 0.3) is 0 Å². The van der Waals surface area contributed by atoms with Gasteiger partial charge in [-0.3, -0.25) is 0 Å². The molecule has 1 saturated heterocycles. The summed E-state index contributed by atoms with van der Waals surface area (Å²) in [4.78, 5) is 6.68. The number of pyridine rings is 1. The van der Waals surface area contributed by atoms with Crippen molar-refractivity contribution in [3.8, 4) is 17.4 Å². The van der Waals surface area contributed by atoms with E-state index in [4.69, 9.17) is 14.2 Å². The molecule has 2 heterocycles. The van der Waals surface area contributed by atoms with Crippen LogP contribution in [-0.4, -0.2) is 43.0 Å². The molecule has 6 nitrogen and oxygen atoms in total. The molecule has 0 bridgehead atoms. The smallest absolute Gasteiger partial charge is 0.213 e. The SMILES string of the molecule is COC(C)c1ccccc1Oc1ccc(N2CC[C@H](Oc3ccc(C)cn3)C2)c(CCO)c1. The first-order chi connectivity index (χ1) is 16.1. The molecule has 2 atom stereocenters. The molecule has 1 fully saturated rings. The van der Waals surface area contributed by atoms with Gasteiger partial charge in [-0.2, -0.15) is 0 Å². The molecule has 0 amide bonds. The minimum Gasteiger partial charge on any atom is -0.472 e. The number of benzene rings is 2. The quantitative estimate of drug-likeness (QED) is 0.492. The number of hydrogen-bond acceptors (Lipinski definition) is 6. The van der Waals surface area contributed by atoms with Gasteiger partial charge in [0, 0.05) is 50.2 Å². The Morgan fingerprint density at radius 2 is 2.00 bits per heavy atom. The summed E-state index contributed by atoms with van der Waals surface area (Å²) >= 11 is 0. The third-order valence-electron chi connectivity index (χ3n) is 6.03. The van der Waals surface area contributed by atoms with Crippen molar-refractivity contribution in [1.29, 1.82) is 0 Å². The molecule has 1 aliphatic rings. The lowest BCUT2D eigenvalue weighted by Crippen LogP contribution is -2.25. The summed E-state index contributed by atoms with van der Waals surface area (Å²) in [5, 5.41) is 9.68. The Labute approximate surface area is 195 Å². The second-order valence-corrected chi connectivity index (χ2v) is 8.43. The first kappa shape index (κ1) is 23.1. The Morgan fingerprint density at radius 3 is 2.76 bits per heavy atom. The highest BCUT2D eigenvalue weighted by molar-refractivity contribution is 5.58. The zero-order valence-electron chi connectivity index (χ0n) is 19.5. The van der Waals surface area contributed by atoms with E-state index in [0.29, 0.717) is 12.3 Å². The van der Waals surface area contributed by atoms with Crippen LogP contribution in [0.3, 0.4) is 0 Å². The van der Waals surface area contributed by atoms with Crippen LogP contribution in [0.5, 0.6) is 17.4 Å². The molecule has 3 aromatic rings. The molecule has 0 saturated carbocycles. The van der Waals surface area contributed by atoms with Crippen molar-refractivity contribution < 1.29 is 19.3 Å². The van der Waals surface area contributed by atoms with Gasteiger partial charge >= 0.3 is 0 Å². The number of aliphatic hydroxyl groups excluding tert-OH is 1. The molecular formula is C27H32N2O4. The average Bonchev–Trinajstić information content (AvgIpc) is 3.29. The minimum atomic E-state index is -0.0676. The lowest BCUT2D eigenvalue weighted by atomic mass is 10.1. The van der Waals surface area contributed by atoms with Crippen molar-refractivity contribution in [2.45, 2.75) is 38.9 Å². The molecule has 4 rings (SSSR count). The van der Waals surface area contributed by atoms with Crippen LogP contribution in [0.25, 0.3) is 0 Å². The van der Waals surface area contributed by atoms with Crippen molar-refractivity contribution in [2.75, 3.05) is 31.7 Å². The van der Waals surface area contributed by atoms with E-state index in [2.05, 4.69) is 16.0 Å². The molecule has 174 valence electrons. The monoisotopic (exact) mass is 448 g/mol. The normalized spacial score (nSPS) is 16.6. The zero-order valence-corrected chi connectivity index (χ0v) is 19.5. The number of methoxy groups -OCH3 is 1. The van der Waals surface area contributed by atoms with Gasteiger partial charge in [0.15, 0.2) is 0 Å². The molecule has 33 heavy (non-hydrogen) atoms. The van der Waals surface area contributed by atoms with Crippen molar-refractivity contribution in [1.82, 2.24) is 4.98 Å². The lowest BCUT2D eigenvalue weighted by molar-refractivity contribution is 0.117. The summed E-state index contributed by atoms with van der Waals surface area (Å²) < 4.78 is 17.8. The maximum atomic E-state index is 9.68. The molecule has 1 unspecified atom stereocenters. The van der Waals surface area contributed by atoms with E-state index in [0.717, 1.165) is 53.4 Å². The van der Waals surface area contributed by atoms with E-state index in [-0.39, 0.29) is 18.8 Å². The molecule has 6 heteroatoms. The van der Waals surface area contributed by atoms with Gasteiger partial charge < -0.3 is 24.2 Å². The number of rotatable bonds is 9. The first-order valence-corrected chi connectivity index (χ1v) is 11.4. The highest BCUT2D eigenvalue weighted by atomic mass is 16.5. The van der Waals surface area contributed by atoms with Crippen molar-refractivity contribution in [3.63, 3.8) is 0 Å². The molecule has 0 aliphatic carbocycles. The maximum Gasteiger partial charge on any atom is 0.213 e. The molecule has 0 spiro atoms. The maximum absolute atomic E-state index is 9.68. The number of aromatic nitrogens is 1. The predicted octanol–water partition coefficient (Wildman–Crippen LogP) is 5.08. The minimum absolute atomic E-state index is 0.0676. The van der Waals surface area contributed by atoms with Gasteiger partial charge in [0.2, 0.25) is 5.88 Å². The van der Waals surface area contributed by atoms with Gasteiger partial charge in [0.1, 0.15) is 17.6 Å². The fraction of sp³-hybridized carbons (Fsp3) is 0.370. The Hall–Kier alpha value is -3.09. The molecular weight excluding hydrogens is 416 g/mol. The van der Waals surface area contributed by atoms with Crippen molar-refractivity contribution in [2.24, 2.45) is 0 Å². The summed E-state index contributed by atoms with van der Waals surface area (Å²) in [6.45, 7) is 5.77. The van der Waals surface area contributed by atoms with Crippen LogP contribution < -0.4 is 14.4 Å². The second kappa shape index (κ2) is 10.7. The fourth-order valence-corrected chi connectivity index (χ4v) is 4.16. The van der Waals surface area contributed by atoms with Gasteiger partial charge in [-0.1, -0.05) is 24.3 Å². The third-order valence-corrected chi connectivity index (χ3v) is 6.03. The van der Waals surface area contributed by atoms with Crippen LogP contribution in [0, 0.1) is 6.92 Å². The number of anilines is 1. The van der Waals surface area contributed by atoms with Crippen molar-refractivity contribution in [3.05, 3.63) is 77.5 Å². The van der Waals surface area contributed by atoms with Crippen LogP contribution >= 0.6 is 0 Å². The summed E-state index contributed by atoms with van der Waals surface area (Å²) in [5.74, 6) is 2.18. The van der Waals surface area contributed by atoms with Gasteiger partial charge in [-0.15, -0.1) is 0 Å². The number of hydrogen-bond donors (Lipinski definition) is 1. The van der Waals surface area contributed by atoms with Crippen LogP contribution in [-0.2, 0) is 11.2 Å². The number of aliphatic hydroxyl groups is 1. The van der Waals surface area contributed by atoms with Crippen LogP contribution in [0.2, 0.25) is 0 Å². The van der Waals surface area contributed by atoms with E-state index < -0.39 is 0 Å². The van der Waals surface area contributed by atoms with Crippen molar-refractivity contribution >= 4 is 5.69 Å².